The van der Waals surface area contributed by atoms with E-state index in [1.807, 2.05) is 0 Å². The largest absolute Gasteiger partial charge is 0.376 e. The zero-order chi connectivity index (χ0) is 9.45. The van der Waals surface area contributed by atoms with Gasteiger partial charge < -0.3 is 4.74 Å². The van der Waals surface area contributed by atoms with E-state index in [0.29, 0.717) is 6.42 Å². The van der Waals surface area contributed by atoms with E-state index >= 15 is 0 Å². The summed E-state index contributed by atoms with van der Waals surface area (Å²) in [6.07, 6.45) is 3.63. The van der Waals surface area contributed by atoms with Crippen LogP contribution in [0.3, 0.4) is 0 Å². The average molecular weight is 169 g/mol. The van der Waals surface area contributed by atoms with Gasteiger partial charge in [-0.05, 0) is 33.1 Å². The molecule has 0 amide bonds. The topological polar surface area (TPSA) is 33.0 Å². The summed E-state index contributed by atoms with van der Waals surface area (Å²) < 4.78 is 5.62. The zero-order valence-electron chi connectivity index (χ0n) is 8.39. The monoisotopic (exact) mass is 169 g/mol. The van der Waals surface area contributed by atoms with Gasteiger partial charge in [0.05, 0.1) is 11.7 Å². The minimum Gasteiger partial charge on any atom is -0.376 e. The second-order valence-corrected chi connectivity index (χ2v) is 3.58. The molecule has 12 heavy (non-hydrogen) atoms. The lowest BCUT2D eigenvalue weighted by molar-refractivity contribution is -0.0214. The van der Waals surface area contributed by atoms with E-state index in [-0.39, 0.29) is 5.60 Å². The third-order valence-electron chi connectivity index (χ3n) is 2.03. The number of ether oxygens (including phenoxy) is 1. The van der Waals surface area contributed by atoms with Crippen LogP contribution in [0.4, 0.5) is 0 Å². The molecule has 2 nitrogen and oxygen atoms in total. The molecule has 0 aromatic rings. The van der Waals surface area contributed by atoms with Gasteiger partial charge in [-0.15, -0.1) is 0 Å². The highest BCUT2D eigenvalue weighted by atomic mass is 16.5. The average Bonchev–Trinajstić information content (AvgIpc) is 2.04. The normalized spacial score (nSPS) is 11.2. The maximum atomic E-state index is 8.28. The Morgan fingerprint density at radius 2 is 2.00 bits per heavy atom. The molecule has 0 saturated carbocycles. The van der Waals surface area contributed by atoms with E-state index in [4.69, 9.17) is 10.00 Å². The first-order valence-corrected chi connectivity index (χ1v) is 4.63. The summed E-state index contributed by atoms with van der Waals surface area (Å²) in [5, 5.41) is 8.28. The lowest BCUT2D eigenvalue weighted by Crippen LogP contribution is -2.23. The Balaban J connectivity index is 3.26. The fourth-order valence-electron chi connectivity index (χ4n) is 0.757. The molecule has 0 aliphatic rings. The molecule has 0 aromatic heterocycles. The summed E-state index contributed by atoms with van der Waals surface area (Å²) in [6.45, 7) is 7.09. The quantitative estimate of drug-likeness (QED) is 0.573. The highest BCUT2D eigenvalue weighted by molar-refractivity contribution is 4.69. The molecular weight excluding hydrogens is 150 g/mol. The molecule has 0 heterocycles. The highest BCUT2D eigenvalue weighted by Gasteiger charge is 2.13. The summed E-state index contributed by atoms with van der Waals surface area (Å²) in [5.41, 5.74) is 0.00659. The summed E-state index contributed by atoms with van der Waals surface area (Å²) in [5.74, 6) is 0. The first-order valence-electron chi connectivity index (χ1n) is 4.63. The first-order chi connectivity index (χ1) is 5.62. The Kier molecular flexibility index (Phi) is 5.74. The molecule has 0 atom stereocenters. The van der Waals surface area contributed by atoms with E-state index < -0.39 is 0 Å². The Hall–Kier alpha value is -0.550. The lowest BCUT2D eigenvalue weighted by Gasteiger charge is -2.23. The molecule has 0 aliphatic heterocycles. The Bertz CT molecular complexity index is 146. The van der Waals surface area contributed by atoms with Gasteiger partial charge in [0.2, 0.25) is 0 Å². The molecule has 2 heteroatoms. The van der Waals surface area contributed by atoms with E-state index in [1.54, 1.807) is 0 Å². The van der Waals surface area contributed by atoms with Crippen LogP contribution in [0.2, 0.25) is 0 Å². The van der Waals surface area contributed by atoms with E-state index in [0.717, 1.165) is 25.9 Å². The van der Waals surface area contributed by atoms with Crippen LogP contribution in [-0.4, -0.2) is 12.2 Å². The van der Waals surface area contributed by atoms with Crippen LogP contribution in [0.1, 0.15) is 46.5 Å². The van der Waals surface area contributed by atoms with Crippen molar-refractivity contribution in [2.75, 3.05) is 6.61 Å². The SMILES string of the molecule is CCC(C)(C)OCCCCC#N. The van der Waals surface area contributed by atoms with Gasteiger partial charge >= 0.3 is 0 Å². The zero-order valence-corrected chi connectivity index (χ0v) is 8.39. The van der Waals surface area contributed by atoms with Crippen LogP contribution in [-0.2, 0) is 4.74 Å². The van der Waals surface area contributed by atoms with Gasteiger partial charge in [0.15, 0.2) is 0 Å². The number of nitrogens with zero attached hydrogens (tertiary/aromatic N) is 1. The second-order valence-electron chi connectivity index (χ2n) is 3.58. The van der Waals surface area contributed by atoms with Crippen LogP contribution in [0.15, 0.2) is 0 Å². The van der Waals surface area contributed by atoms with Crippen molar-refractivity contribution in [2.45, 2.75) is 52.1 Å². The van der Waals surface area contributed by atoms with Crippen molar-refractivity contribution < 1.29 is 4.74 Å². The molecule has 70 valence electrons. The fraction of sp³-hybridized carbons (Fsp3) is 0.900. The van der Waals surface area contributed by atoms with Crippen molar-refractivity contribution >= 4 is 0 Å². The van der Waals surface area contributed by atoms with Gasteiger partial charge in [0.25, 0.3) is 0 Å². The Labute approximate surface area is 75.5 Å². The highest BCUT2D eigenvalue weighted by Crippen LogP contribution is 2.13. The minimum atomic E-state index is 0.00659. The molecule has 0 fully saturated rings. The fourth-order valence-corrected chi connectivity index (χ4v) is 0.757. The van der Waals surface area contributed by atoms with Gasteiger partial charge in [0.1, 0.15) is 0 Å². The lowest BCUT2D eigenvalue weighted by atomic mass is 10.1. The molecule has 0 aliphatic carbocycles. The van der Waals surface area contributed by atoms with E-state index in [2.05, 4.69) is 26.8 Å². The molecule has 0 rings (SSSR count). The maximum Gasteiger partial charge on any atom is 0.0623 e. The number of unbranched alkanes of at least 4 members (excludes halogenated alkanes) is 2. The number of rotatable bonds is 6. The summed E-state index contributed by atoms with van der Waals surface area (Å²) >= 11 is 0. The first kappa shape index (κ1) is 11.4. The number of nitriles is 1. The van der Waals surface area contributed by atoms with E-state index in [9.17, 15) is 0 Å². The van der Waals surface area contributed by atoms with Gasteiger partial charge in [-0.25, -0.2) is 0 Å². The molecule has 0 N–H and O–H groups in total. The summed E-state index contributed by atoms with van der Waals surface area (Å²) in [7, 11) is 0. The summed E-state index contributed by atoms with van der Waals surface area (Å²) in [4.78, 5) is 0. The molecule has 0 aromatic carbocycles. The predicted octanol–water partition coefficient (Wildman–Crippen LogP) is 2.89. The second kappa shape index (κ2) is 6.02. The number of hydrogen-bond acceptors (Lipinski definition) is 2. The van der Waals surface area contributed by atoms with Crippen LogP contribution in [0.25, 0.3) is 0 Å². The van der Waals surface area contributed by atoms with Crippen LogP contribution in [0, 0.1) is 11.3 Å². The van der Waals surface area contributed by atoms with Gasteiger partial charge in [0, 0.05) is 13.0 Å². The predicted molar refractivity (Wildman–Crippen MR) is 49.8 cm³/mol. The molecule has 0 radical (unpaired) electrons. The van der Waals surface area contributed by atoms with Crippen molar-refractivity contribution in [1.29, 1.82) is 5.26 Å². The summed E-state index contributed by atoms with van der Waals surface area (Å²) in [6, 6.07) is 2.12. The van der Waals surface area contributed by atoms with Crippen molar-refractivity contribution in [3.05, 3.63) is 0 Å². The standard InChI is InChI=1S/C10H19NO/c1-4-10(2,3)12-9-7-5-6-8-11/h4-7,9H2,1-3H3. The third-order valence-corrected chi connectivity index (χ3v) is 2.03. The van der Waals surface area contributed by atoms with Gasteiger partial charge in [-0.2, -0.15) is 5.26 Å². The Morgan fingerprint density at radius 3 is 2.50 bits per heavy atom. The van der Waals surface area contributed by atoms with E-state index in [1.165, 1.54) is 0 Å². The van der Waals surface area contributed by atoms with Crippen LogP contribution >= 0.6 is 0 Å². The maximum absolute atomic E-state index is 8.28. The van der Waals surface area contributed by atoms with Gasteiger partial charge in [-0.1, -0.05) is 6.92 Å². The molecule has 0 unspecified atom stereocenters. The molecule has 0 bridgehead atoms. The van der Waals surface area contributed by atoms with Crippen molar-refractivity contribution in [3.63, 3.8) is 0 Å². The van der Waals surface area contributed by atoms with Crippen molar-refractivity contribution in [1.82, 2.24) is 0 Å². The molecular formula is C10H19NO. The van der Waals surface area contributed by atoms with Crippen molar-refractivity contribution in [2.24, 2.45) is 0 Å². The van der Waals surface area contributed by atoms with Crippen molar-refractivity contribution in [3.8, 4) is 6.07 Å². The third kappa shape index (κ3) is 6.18. The smallest absolute Gasteiger partial charge is 0.0623 e. The van der Waals surface area contributed by atoms with Crippen LogP contribution < -0.4 is 0 Å². The molecule has 0 saturated heterocycles. The molecule has 0 spiro atoms. The van der Waals surface area contributed by atoms with Crippen LogP contribution in [0.5, 0.6) is 0 Å². The van der Waals surface area contributed by atoms with Gasteiger partial charge in [-0.3, -0.25) is 0 Å². The minimum absolute atomic E-state index is 0.00659. The number of hydrogen-bond donors (Lipinski definition) is 0. The Morgan fingerprint density at radius 1 is 1.33 bits per heavy atom.